The van der Waals surface area contributed by atoms with Gasteiger partial charge in [0, 0.05) is 17.6 Å². The third-order valence-electron chi connectivity index (χ3n) is 2.31. The summed E-state index contributed by atoms with van der Waals surface area (Å²) >= 11 is 3.40. The fraction of sp³-hybridized carbons (Fsp3) is 0.455. The van der Waals surface area contributed by atoms with Gasteiger partial charge in [-0.25, -0.2) is 0 Å². The van der Waals surface area contributed by atoms with Gasteiger partial charge < -0.3 is 10.5 Å². The van der Waals surface area contributed by atoms with Crippen LogP contribution in [-0.2, 0) is 4.74 Å². The predicted molar refractivity (Wildman–Crippen MR) is 62.2 cm³/mol. The number of hydrogen-bond donors (Lipinski definition) is 1. The number of nitrogens with two attached hydrogens (primary N) is 1. The minimum atomic E-state index is -0.00639. The summed E-state index contributed by atoms with van der Waals surface area (Å²) in [5.41, 5.74) is 7.09. The second-order valence-electron chi connectivity index (χ2n) is 3.28. The number of rotatable bonds is 4. The number of halogens is 1. The Kier molecular flexibility index (Phi) is 4.58. The quantitative estimate of drug-likeness (QED) is 0.901. The van der Waals surface area contributed by atoms with Crippen molar-refractivity contribution in [2.45, 2.75) is 25.5 Å². The third kappa shape index (κ3) is 2.80. The Bertz CT molecular complexity index is 273. The minimum Gasteiger partial charge on any atom is -0.375 e. The van der Waals surface area contributed by atoms with E-state index in [9.17, 15) is 0 Å². The molecule has 0 amide bonds. The highest BCUT2D eigenvalue weighted by Crippen LogP contribution is 2.22. The Morgan fingerprint density at radius 3 is 2.36 bits per heavy atom. The van der Waals surface area contributed by atoms with Crippen molar-refractivity contribution >= 4 is 15.9 Å². The van der Waals surface area contributed by atoms with Gasteiger partial charge in [0.05, 0.1) is 6.10 Å². The summed E-state index contributed by atoms with van der Waals surface area (Å²) in [6, 6.07) is 8.14. The number of hydrogen-bond acceptors (Lipinski definition) is 2. The molecule has 3 heteroatoms. The first-order chi connectivity index (χ1) is 6.69. The largest absolute Gasteiger partial charge is 0.375 e. The van der Waals surface area contributed by atoms with Gasteiger partial charge >= 0.3 is 0 Å². The van der Waals surface area contributed by atoms with Crippen molar-refractivity contribution in [1.29, 1.82) is 0 Å². The predicted octanol–water partition coefficient (Wildman–Crippen LogP) is 2.87. The van der Waals surface area contributed by atoms with E-state index >= 15 is 0 Å². The molecule has 1 aromatic carbocycles. The Balaban J connectivity index is 2.84. The van der Waals surface area contributed by atoms with Crippen molar-refractivity contribution in [2.24, 2.45) is 5.73 Å². The molecular weight excluding hydrogens is 242 g/mol. The van der Waals surface area contributed by atoms with E-state index in [1.807, 2.05) is 24.3 Å². The van der Waals surface area contributed by atoms with E-state index in [2.05, 4.69) is 22.9 Å². The Morgan fingerprint density at radius 1 is 1.36 bits per heavy atom. The first kappa shape index (κ1) is 11.7. The topological polar surface area (TPSA) is 35.2 Å². The van der Waals surface area contributed by atoms with Gasteiger partial charge in [0.1, 0.15) is 0 Å². The second-order valence-corrected chi connectivity index (χ2v) is 4.20. The Labute approximate surface area is 93.6 Å². The van der Waals surface area contributed by atoms with Crippen molar-refractivity contribution in [2.75, 3.05) is 7.11 Å². The SMILES string of the molecule is CCC(N)C(OC)c1ccc(Br)cc1. The van der Waals surface area contributed by atoms with Gasteiger partial charge in [-0.1, -0.05) is 35.0 Å². The van der Waals surface area contributed by atoms with Crippen LogP contribution in [-0.4, -0.2) is 13.2 Å². The van der Waals surface area contributed by atoms with E-state index in [4.69, 9.17) is 10.5 Å². The van der Waals surface area contributed by atoms with E-state index in [1.165, 1.54) is 0 Å². The molecule has 0 aliphatic rings. The molecule has 0 radical (unpaired) electrons. The molecule has 0 aliphatic carbocycles. The van der Waals surface area contributed by atoms with Crippen molar-refractivity contribution in [1.82, 2.24) is 0 Å². The van der Waals surface area contributed by atoms with Crippen LogP contribution in [0.15, 0.2) is 28.7 Å². The summed E-state index contributed by atoms with van der Waals surface area (Å²) in [5, 5.41) is 0. The highest BCUT2D eigenvalue weighted by molar-refractivity contribution is 9.10. The molecule has 78 valence electrons. The van der Waals surface area contributed by atoms with Crippen LogP contribution in [0.3, 0.4) is 0 Å². The van der Waals surface area contributed by atoms with E-state index < -0.39 is 0 Å². The van der Waals surface area contributed by atoms with Crippen LogP contribution in [0.1, 0.15) is 25.0 Å². The summed E-state index contributed by atoms with van der Waals surface area (Å²) in [6.45, 7) is 2.07. The second kappa shape index (κ2) is 5.49. The van der Waals surface area contributed by atoms with E-state index in [0.717, 1.165) is 16.5 Å². The molecule has 0 saturated carbocycles. The zero-order valence-electron chi connectivity index (χ0n) is 8.53. The lowest BCUT2D eigenvalue weighted by Gasteiger charge is -2.21. The lowest BCUT2D eigenvalue weighted by Crippen LogP contribution is -2.28. The fourth-order valence-electron chi connectivity index (χ4n) is 1.42. The molecule has 2 nitrogen and oxygen atoms in total. The van der Waals surface area contributed by atoms with Gasteiger partial charge in [-0.05, 0) is 24.1 Å². The highest BCUT2D eigenvalue weighted by Gasteiger charge is 2.17. The van der Waals surface area contributed by atoms with Crippen molar-refractivity contribution in [3.05, 3.63) is 34.3 Å². The molecule has 0 spiro atoms. The van der Waals surface area contributed by atoms with Crippen LogP contribution in [0, 0.1) is 0 Å². The smallest absolute Gasteiger partial charge is 0.0971 e. The lowest BCUT2D eigenvalue weighted by molar-refractivity contribution is 0.0791. The molecule has 0 aromatic heterocycles. The first-order valence-electron chi connectivity index (χ1n) is 4.72. The maximum atomic E-state index is 5.96. The van der Waals surface area contributed by atoms with Crippen LogP contribution in [0.25, 0.3) is 0 Å². The van der Waals surface area contributed by atoms with E-state index in [1.54, 1.807) is 7.11 Å². The summed E-state index contributed by atoms with van der Waals surface area (Å²) in [4.78, 5) is 0. The van der Waals surface area contributed by atoms with Crippen molar-refractivity contribution in [3.8, 4) is 0 Å². The van der Waals surface area contributed by atoms with Crippen LogP contribution < -0.4 is 5.73 Å². The molecule has 0 aliphatic heterocycles. The molecular formula is C11H16BrNO. The molecule has 1 aromatic rings. The zero-order chi connectivity index (χ0) is 10.6. The molecule has 2 N–H and O–H groups in total. The van der Waals surface area contributed by atoms with Crippen LogP contribution in [0.5, 0.6) is 0 Å². The zero-order valence-corrected chi connectivity index (χ0v) is 10.1. The average molecular weight is 258 g/mol. The maximum absolute atomic E-state index is 5.96. The number of benzene rings is 1. The van der Waals surface area contributed by atoms with Crippen LogP contribution in [0.2, 0.25) is 0 Å². The Hall–Kier alpha value is -0.380. The molecule has 2 atom stereocenters. The third-order valence-corrected chi connectivity index (χ3v) is 2.84. The summed E-state index contributed by atoms with van der Waals surface area (Å²) in [5.74, 6) is 0. The van der Waals surface area contributed by atoms with Gasteiger partial charge in [0.15, 0.2) is 0 Å². The molecule has 14 heavy (non-hydrogen) atoms. The normalized spacial score (nSPS) is 15.1. The van der Waals surface area contributed by atoms with Gasteiger partial charge in [0.2, 0.25) is 0 Å². The average Bonchev–Trinajstić information content (AvgIpc) is 2.21. The molecule has 0 saturated heterocycles. The molecule has 0 fully saturated rings. The summed E-state index contributed by atoms with van der Waals surface area (Å²) < 4.78 is 6.46. The first-order valence-corrected chi connectivity index (χ1v) is 5.52. The minimum absolute atomic E-state index is 0.00639. The van der Waals surface area contributed by atoms with Crippen LogP contribution in [0.4, 0.5) is 0 Å². The van der Waals surface area contributed by atoms with Gasteiger partial charge in [-0.3, -0.25) is 0 Å². The van der Waals surface area contributed by atoms with Gasteiger partial charge in [-0.15, -0.1) is 0 Å². The van der Waals surface area contributed by atoms with Crippen molar-refractivity contribution < 1.29 is 4.74 Å². The lowest BCUT2D eigenvalue weighted by atomic mass is 10.0. The Morgan fingerprint density at radius 2 is 1.93 bits per heavy atom. The molecule has 1 rings (SSSR count). The van der Waals surface area contributed by atoms with Crippen LogP contribution >= 0.6 is 15.9 Å². The molecule has 0 bridgehead atoms. The fourth-order valence-corrected chi connectivity index (χ4v) is 1.69. The van der Waals surface area contributed by atoms with E-state index in [-0.39, 0.29) is 12.1 Å². The molecule has 2 unspecified atom stereocenters. The monoisotopic (exact) mass is 257 g/mol. The maximum Gasteiger partial charge on any atom is 0.0971 e. The van der Waals surface area contributed by atoms with Gasteiger partial charge in [0.25, 0.3) is 0 Å². The number of methoxy groups -OCH3 is 1. The highest BCUT2D eigenvalue weighted by atomic mass is 79.9. The number of ether oxygens (including phenoxy) is 1. The van der Waals surface area contributed by atoms with E-state index in [0.29, 0.717) is 0 Å². The summed E-state index contributed by atoms with van der Waals surface area (Å²) in [7, 11) is 1.70. The standard InChI is InChI=1S/C11H16BrNO/c1-3-10(13)11(14-2)8-4-6-9(12)7-5-8/h4-7,10-11H,3,13H2,1-2H3. The molecule has 0 heterocycles. The summed E-state index contributed by atoms with van der Waals surface area (Å²) in [6.07, 6.45) is 0.905. The van der Waals surface area contributed by atoms with Gasteiger partial charge in [-0.2, -0.15) is 0 Å². The van der Waals surface area contributed by atoms with Crippen molar-refractivity contribution in [3.63, 3.8) is 0 Å².